The lowest BCUT2D eigenvalue weighted by Gasteiger charge is -2.25. The smallest absolute Gasteiger partial charge is 0.289 e. The van der Waals surface area contributed by atoms with Gasteiger partial charge in [0, 0.05) is 57.4 Å². The highest BCUT2D eigenvalue weighted by Gasteiger charge is 2.39. The number of aryl methyl sites for hydroxylation is 1. The maximum Gasteiger partial charge on any atom is 0.289 e. The minimum Gasteiger partial charge on any atom is -0.347 e. The van der Waals surface area contributed by atoms with E-state index in [2.05, 4.69) is 31.7 Å². The van der Waals surface area contributed by atoms with Gasteiger partial charge in [-0.25, -0.2) is 0 Å². The molecule has 2 aliphatic heterocycles. The highest BCUT2D eigenvalue weighted by atomic mass is 16.2. The second-order valence-electron chi connectivity index (χ2n) is 7.62. The maximum atomic E-state index is 12.3. The van der Waals surface area contributed by atoms with Gasteiger partial charge in [0.1, 0.15) is 5.82 Å². The number of likely N-dealkylation sites (tertiary alicyclic amines) is 1. The monoisotopic (exact) mass is 343 g/mol. The van der Waals surface area contributed by atoms with Gasteiger partial charge in [0.15, 0.2) is 0 Å². The van der Waals surface area contributed by atoms with Gasteiger partial charge in [0.25, 0.3) is 5.91 Å². The Morgan fingerprint density at radius 2 is 2.08 bits per heavy atom. The topological polar surface area (TPSA) is 80.9 Å². The summed E-state index contributed by atoms with van der Waals surface area (Å²) in [4.78, 5) is 14.8. The lowest BCUT2D eigenvalue weighted by Crippen LogP contribution is -2.35. The van der Waals surface area contributed by atoms with Crippen LogP contribution in [0.5, 0.6) is 0 Å². The number of fused-ring (bicyclic) bond motifs is 2. The Labute approximate surface area is 147 Å². The molecular formula is C17H25N7O. The average Bonchev–Trinajstić information content (AvgIpc) is 3.22. The van der Waals surface area contributed by atoms with Gasteiger partial charge >= 0.3 is 0 Å². The summed E-state index contributed by atoms with van der Waals surface area (Å²) in [5.41, 5.74) is 1.25. The number of rotatable bonds is 4. The van der Waals surface area contributed by atoms with Crippen molar-refractivity contribution in [2.45, 2.75) is 39.4 Å². The minimum absolute atomic E-state index is 0.0956. The van der Waals surface area contributed by atoms with E-state index in [0.717, 1.165) is 38.4 Å². The molecule has 1 saturated heterocycles. The zero-order valence-electron chi connectivity index (χ0n) is 15.0. The van der Waals surface area contributed by atoms with E-state index in [9.17, 15) is 4.79 Å². The van der Waals surface area contributed by atoms with Gasteiger partial charge in [-0.2, -0.15) is 5.10 Å². The molecule has 0 bridgehead atoms. The van der Waals surface area contributed by atoms with Crippen LogP contribution in [0.3, 0.4) is 0 Å². The molecule has 0 radical (unpaired) electrons. The molecular weight excluding hydrogens is 318 g/mol. The van der Waals surface area contributed by atoms with Gasteiger partial charge in [0.2, 0.25) is 5.82 Å². The second-order valence-corrected chi connectivity index (χ2v) is 7.62. The van der Waals surface area contributed by atoms with Gasteiger partial charge < -0.3 is 9.88 Å². The van der Waals surface area contributed by atoms with Gasteiger partial charge in [-0.1, -0.05) is 0 Å². The van der Waals surface area contributed by atoms with Crippen molar-refractivity contribution in [1.29, 1.82) is 0 Å². The molecule has 0 spiro atoms. The van der Waals surface area contributed by atoms with E-state index in [1.54, 1.807) is 0 Å². The van der Waals surface area contributed by atoms with Gasteiger partial charge in [0.05, 0.1) is 6.20 Å². The van der Waals surface area contributed by atoms with E-state index >= 15 is 0 Å². The normalized spacial score (nSPS) is 22.9. The van der Waals surface area contributed by atoms with E-state index in [0.29, 0.717) is 17.7 Å². The Morgan fingerprint density at radius 1 is 1.28 bits per heavy atom. The largest absolute Gasteiger partial charge is 0.347 e. The maximum absolute atomic E-state index is 12.3. The molecule has 134 valence electrons. The molecule has 2 aromatic rings. The summed E-state index contributed by atoms with van der Waals surface area (Å²) in [6.07, 6.45) is 4.91. The number of amides is 1. The third kappa shape index (κ3) is 3.18. The first-order valence-corrected chi connectivity index (χ1v) is 8.92. The lowest BCUT2D eigenvalue weighted by atomic mass is 9.89. The van der Waals surface area contributed by atoms with Crippen molar-refractivity contribution in [3.63, 3.8) is 0 Å². The molecule has 1 fully saturated rings. The van der Waals surface area contributed by atoms with E-state index in [1.807, 2.05) is 36.3 Å². The van der Waals surface area contributed by atoms with Crippen LogP contribution < -0.4 is 5.32 Å². The first-order valence-electron chi connectivity index (χ1n) is 8.92. The first kappa shape index (κ1) is 16.3. The van der Waals surface area contributed by atoms with Crippen molar-refractivity contribution >= 4 is 5.91 Å². The Bertz CT molecular complexity index is 778. The van der Waals surface area contributed by atoms with Crippen LogP contribution in [0.2, 0.25) is 0 Å². The Morgan fingerprint density at radius 3 is 2.80 bits per heavy atom. The number of hydrogen-bond acceptors (Lipinski definition) is 5. The highest BCUT2D eigenvalue weighted by Crippen LogP contribution is 2.33. The summed E-state index contributed by atoms with van der Waals surface area (Å²) in [5.74, 6) is 2.41. The summed E-state index contributed by atoms with van der Waals surface area (Å²) >= 11 is 0. The minimum atomic E-state index is -0.127. The zero-order chi connectivity index (χ0) is 17.6. The number of hydrogen-bond donors (Lipinski definition) is 1. The quantitative estimate of drug-likeness (QED) is 0.872. The van der Waals surface area contributed by atoms with E-state index in [1.165, 1.54) is 5.56 Å². The highest BCUT2D eigenvalue weighted by molar-refractivity contribution is 5.90. The van der Waals surface area contributed by atoms with Crippen LogP contribution in [0.1, 0.15) is 35.9 Å². The lowest BCUT2D eigenvalue weighted by molar-refractivity contribution is 0.0924. The summed E-state index contributed by atoms with van der Waals surface area (Å²) in [6, 6.07) is 0.0956. The molecule has 2 aromatic heterocycles. The van der Waals surface area contributed by atoms with Crippen LogP contribution in [0.4, 0.5) is 0 Å². The molecule has 1 amide bonds. The zero-order valence-corrected chi connectivity index (χ0v) is 15.0. The first-order chi connectivity index (χ1) is 12.0. The second kappa shape index (κ2) is 6.25. The fraction of sp³-hybridized carbons (Fsp3) is 0.647. The molecule has 4 rings (SSSR count). The summed E-state index contributed by atoms with van der Waals surface area (Å²) in [7, 11) is 1.95. The van der Waals surface area contributed by atoms with Crippen LogP contribution in [0, 0.1) is 11.8 Å². The SMILES string of the molecule is CC(C)NC(=O)c1nnc2n1C[C@@H]1CN(Cc3cnn(C)c3)C[C@@H]1C2. The molecule has 1 N–H and O–H groups in total. The van der Waals surface area contributed by atoms with Crippen molar-refractivity contribution in [2.24, 2.45) is 18.9 Å². The van der Waals surface area contributed by atoms with Crippen LogP contribution in [0.25, 0.3) is 0 Å². The third-order valence-corrected chi connectivity index (χ3v) is 5.13. The predicted molar refractivity (Wildman–Crippen MR) is 91.8 cm³/mol. The Hall–Kier alpha value is -2.22. The molecule has 0 unspecified atom stereocenters. The van der Waals surface area contributed by atoms with E-state index < -0.39 is 0 Å². The Kier molecular flexibility index (Phi) is 4.07. The van der Waals surface area contributed by atoms with Crippen LogP contribution in [0.15, 0.2) is 12.4 Å². The van der Waals surface area contributed by atoms with Crippen molar-refractivity contribution in [3.05, 3.63) is 29.6 Å². The molecule has 0 aromatic carbocycles. The standard InChI is InChI=1S/C17H25N7O/c1-11(2)19-17(25)16-21-20-15-4-13-8-23(9-14(13)10-24(15)16)7-12-5-18-22(3)6-12/h5-6,11,13-14H,4,7-10H2,1-3H3,(H,19,25)/t13-,14-/m0/s1. The van der Waals surface area contributed by atoms with Crippen LogP contribution in [-0.2, 0) is 26.6 Å². The number of carbonyl (C=O) groups is 1. The van der Waals surface area contributed by atoms with Gasteiger partial charge in [-0.3, -0.25) is 14.4 Å². The van der Waals surface area contributed by atoms with Crippen LogP contribution in [-0.4, -0.2) is 54.5 Å². The van der Waals surface area contributed by atoms with Crippen molar-refractivity contribution in [1.82, 2.24) is 34.8 Å². The predicted octanol–water partition coefficient (Wildman–Crippen LogP) is 0.454. The summed E-state index contributed by atoms with van der Waals surface area (Å²) < 4.78 is 3.87. The number of nitrogens with one attached hydrogen (secondary N) is 1. The van der Waals surface area contributed by atoms with Crippen molar-refractivity contribution < 1.29 is 4.79 Å². The molecule has 8 heteroatoms. The van der Waals surface area contributed by atoms with Crippen molar-refractivity contribution in [3.8, 4) is 0 Å². The van der Waals surface area contributed by atoms with Gasteiger partial charge in [-0.05, 0) is 25.7 Å². The number of aromatic nitrogens is 5. The molecule has 4 heterocycles. The molecule has 2 atom stereocenters. The molecule has 2 aliphatic rings. The number of nitrogens with zero attached hydrogens (tertiary/aromatic N) is 6. The summed E-state index contributed by atoms with van der Waals surface area (Å²) in [5, 5.41) is 15.6. The Balaban J connectivity index is 1.45. The molecule has 25 heavy (non-hydrogen) atoms. The van der Waals surface area contributed by atoms with E-state index in [-0.39, 0.29) is 11.9 Å². The van der Waals surface area contributed by atoms with Gasteiger partial charge in [-0.15, -0.1) is 10.2 Å². The molecule has 8 nitrogen and oxygen atoms in total. The average molecular weight is 343 g/mol. The van der Waals surface area contributed by atoms with Crippen molar-refractivity contribution in [2.75, 3.05) is 13.1 Å². The fourth-order valence-corrected chi connectivity index (χ4v) is 4.06. The molecule has 0 saturated carbocycles. The summed E-state index contributed by atoms with van der Waals surface area (Å²) in [6.45, 7) is 7.78. The van der Waals surface area contributed by atoms with Crippen LogP contribution >= 0.6 is 0 Å². The fourth-order valence-electron chi connectivity index (χ4n) is 4.06. The molecule has 0 aliphatic carbocycles. The third-order valence-electron chi connectivity index (χ3n) is 5.13. The van der Waals surface area contributed by atoms with E-state index in [4.69, 9.17) is 0 Å². The number of carbonyl (C=O) groups excluding carboxylic acids is 1.